The maximum absolute atomic E-state index is 13.6. The molecule has 2 amide bonds. The zero-order valence-electron chi connectivity index (χ0n) is 19.5. The third-order valence-corrected chi connectivity index (χ3v) is 6.09. The minimum Gasteiger partial charge on any atom is -0.497 e. The summed E-state index contributed by atoms with van der Waals surface area (Å²) < 4.78 is 15.7. The lowest BCUT2D eigenvalue weighted by molar-refractivity contribution is -0.133. The van der Waals surface area contributed by atoms with Crippen molar-refractivity contribution in [2.24, 2.45) is 5.10 Å². The van der Waals surface area contributed by atoms with Crippen molar-refractivity contribution in [3.8, 4) is 5.75 Å². The molecule has 2 aromatic carbocycles. The second-order valence-electron chi connectivity index (χ2n) is 7.95. The van der Waals surface area contributed by atoms with E-state index < -0.39 is 5.91 Å². The van der Waals surface area contributed by atoms with E-state index in [0.29, 0.717) is 22.9 Å². The third kappa shape index (κ3) is 5.55. The summed E-state index contributed by atoms with van der Waals surface area (Å²) in [7, 11) is 3.14. The van der Waals surface area contributed by atoms with Gasteiger partial charge in [0.05, 0.1) is 31.7 Å². The van der Waals surface area contributed by atoms with Crippen molar-refractivity contribution < 1.29 is 23.5 Å². The Morgan fingerprint density at radius 3 is 2.54 bits per heavy atom. The van der Waals surface area contributed by atoms with Gasteiger partial charge >= 0.3 is 0 Å². The van der Waals surface area contributed by atoms with Gasteiger partial charge in [0, 0.05) is 30.7 Å². The van der Waals surface area contributed by atoms with E-state index in [9.17, 15) is 9.59 Å². The van der Waals surface area contributed by atoms with Crippen LogP contribution in [-0.4, -0.2) is 61.4 Å². The van der Waals surface area contributed by atoms with Gasteiger partial charge in [-0.05, 0) is 35.9 Å². The first kappa shape index (κ1) is 24.5. The van der Waals surface area contributed by atoms with Gasteiger partial charge in [-0.3, -0.25) is 9.59 Å². The highest BCUT2D eigenvalue weighted by molar-refractivity contribution is 6.34. The van der Waals surface area contributed by atoms with Crippen LogP contribution in [0.2, 0.25) is 5.02 Å². The van der Waals surface area contributed by atoms with E-state index in [4.69, 9.17) is 25.5 Å². The fourth-order valence-electron chi connectivity index (χ4n) is 3.93. The molecule has 0 radical (unpaired) electrons. The van der Waals surface area contributed by atoms with Crippen molar-refractivity contribution in [2.45, 2.75) is 12.5 Å². The van der Waals surface area contributed by atoms with Crippen molar-refractivity contribution in [3.05, 3.63) is 88.8 Å². The van der Waals surface area contributed by atoms with Crippen molar-refractivity contribution in [1.82, 2.24) is 9.91 Å². The number of furan rings is 1. The number of rotatable bonds is 9. The molecule has 3 aromatic rings. The van der Waals surface area contributed by atoms with E-state index in [1.807, 2.05) is 42.5 Å². The first-order valence-corrected chi connectivity index (χ1v) is 11.5. The van der Waals surface area contributed by atoms with E-state index in [2.05, 4.69) is 5.10 Å². The zero-order valence-corrected chi connectivity index (χ0v) is 20.3. The Bertz CT molecular complexity index is 1190. The molecule has 0 spiro atoms. The molecule has 2 heterocycles. The highest BCUT2D eigenvalue weighted by Crippen LogP contribution is 2.35. The molecule has 1 aliphatic heterocycles. The Hall–Kier alpha value is -3.62. The molecule has 8 nitrogen and oxygen atoms in total. The van der Waals surface area contributed by atoms with Crippen LogP contribution in [-0.2, 0) is 9.53 Å². The largest absolute Gasteiger partial charge is 0.497 e. The summed E-state index contributed by atoms with van der Waals surface area (Å²) in [6, 6.07) is 17.7. The summed E-state index contributed by atoms with van der Waals surface area (Å²) in [5.41, 5.74) is 2.36. The molecule has 0 aliphatic carbocycles. The molecule has 182 valence electrons. The maximum Gasteiger partial charge on any atom is 0.290 e. The van der Waals surface area contributed by atoms with Crippen LogP contribution in [0, 0.1) is 0 Å². The molecule has 1 aliphatic rings. The van der Waals surface area contributed by atoms with Gasteiger partial charge in [0.1, 0.15) is 12.3 Å². The summed E-state index contributed by atoms with van der Waals surface area (Å²) in [4.78, 5) is 27.9. The Balaban J connectivity index is 1.63. The highest BCUT2D eigenvalue weighted by Gasteiger charge is 2.35. The van der Waals surface area contributed by atoms with Gasteiger partial charge in [0.25, 0.3) is 11.8 Å². The zero-order chi connectivity index (χ0) is 24.8. The number of carbonyl (C=O) groups is 2. The van der Waals surface area contributed by atoms with Crippen molar-refractivity contribution in [1.29, 1.82) is 0 Å². The average molecular weight is 496 g/mol. The van der Waals surface area contributed by atoms with E-state index in [1.165, 1.54) is 23.3 Å². The summed E-state index contributed by atoms with van der Waals surface area (Å²) in [6.07, 6.45) is 1.90. The molecule has 1 aromatic heterocycles. The molecular formula is C26H26ClN3O5. The first-order valence-electron chi connectivity index (χ1n) is 11.1. The number of amides is 2. The standard InChI is InChI=1S/C26H26ClN3O5/c1-33-15-13-29(26(32)24-8-5-14-35-24)17-25(31)30-23(18-9-11-19(34-2)12-10-18)16-22(28-30)20-6-3-4-7-21(20)27/h3-12,14,23H,13,15-17H2,1-2H3/t23-/m0/s1. The summed E-state index contributed by atoms with van der Waals surface area (Å²) in [5.74, 6) is 0.147. The second kappa shape index (κ2) is 11.2. The fourth-order valence-corrected chi connectivity index (χ4v) is 4.17. The van der Waals surface area contributed by atoms with Gasteiger partial charge in [-0.25, -0.2) is 5.01 Å². The lowest BCUT2D eigenvalue weighted by Crippen LogP contribution is -2.42. The third-order valence-electron chi connectivity index (χ3n) is 5.76. The number of hydrogen-bond donors (Lipinski definition) is 0. The number of methoxy groups -OCH3 is 2. The van der Waals surface area contributed by atoms with Crippen LogP contribution < -0.4 is 4.74 Å². The first-order chi connectivity index (χ1) is 17.0. The molecule has 9 heteroatoms. The van der Waals surface area contributed by atoms with Gasteiger partial charge in [0.15, 0.2) is 5.76 Å². The number of hydrogen-bond acceptors (Lipinski definition) is 6. The fraction of sp³-hybridized carbons (Fsp3) is 0.269. The highest BCUT2D eigenvalue weighted by atomic mass is 35.5. The predicted octanol–water partition coefficient (Wildman–Crippen LogP) is 4.41. The van der Waals surface area contributed by atoms with Crippen molar-refractivity contribution in [3.63, 3.8) is 0 Å². The van der Waals surface area contributed by atoms with E-state index in [0.717, 1.165) is 11.1 Å². The minimum atomic E-state index is -0.393. The van der Waals surface area contributed by atoms with E-state index in [-0.39, 0.29) is 37.4 Å². The van der Waals surface area contributed by atoms with Crippen LogP contribution in [0.1, 0.15) is 34.1 Å². The van der Waals surface area contributed by atoms with Gasteiger partial charge in [-0.15, -0.1) is 0 Å². The van der Waals surface area contributed by atoms with Crippen LogP contribution in [0.5, 0.6) is 5.75 Å². The second-order valence-corrected chi connectivity index (χ2v) is 8.36. The van der Waals surface area contributed by atoms with Gasteiger partial charge in [-0.1, -0.05) is 41.9 Å². The smallest absolute Gasteiger partial charge is 0.290 e. The number of halogens is 1. The van der Waals surface area contributed by atoms with Gasteiger partial charge in [-0.2, -0.15) is 5.10 Å². The molecule has 0 N–H and O–H groups in total. The monoisotopic (exact) mass is 495 g/mol. The molecule has 0 saturated heterocycles. The van der Waals surface area contributed by atoms with Gasteiger partial charge < -0.3 is 18.8 Å². The molecule has 4 rings (SSSR count). The predicted molar refractivity (Wildman–Crippen MR) is 132 cm³/mol. The Morgan fingerprint density at radius 2 is 1.89 bits per heavy atom. The van der Waals surface area contributed by atoms with Crippen LogP contribution in [0.25, 0.3) is 0 Å². The summed E-state index contributed by atoms with van der Waals surface area (Å²) >= 11 is 6.43. The maximum atomic E-state index is 13.6. The molecule has 0 fully saturated rings. The summed E-state index contributed by atoms with van der Waals surface area (Å²) in [5, 5.41) is 6.67. The molecule has 0 unspecified atom stereocenters. The topological polar surface area (TPSA) is 84.6 Å². The number of carbonyl (C=O) groups excluding carboxylic acids is 2. The van der Waals surface area contributed by atoms with Crippen LogP contribution in [0.15, 0.2) is 76.4 Å². The Kier molecular flexibility index (Phi) is 7.84. The van der Waals surface area contributed by atoms with Crippen LogP contribution in [0.3, 0.4) is 0 Å². The average Bonchev–Trinajstić information content (AvgIpc) is 3.57. The summed E-state index contributed by atoms with van der Waals surface area (Å²) in [6.45, 7) is 0.314. The van der Waals surface area contributed by atoms with E-state index in [1.54, 1.807) is 25.3 Å². The Morgan fingerprint density at radius 1 is 1.11 bits per heavy atom. The normalized spacial score (nSPS) is 15.1. The molecule has 0 bridgehead atoms. The lowest BCUT2D eigenvalue weighted by atomic mass is 9.98. The number of ether oxygens (including phenoxy) is 2. The minimum absolute atomic E-state index is 0.155. The van der Waals surface area contributed by atoms with Crippen molar-refractivity contribution in [2.75, 3.05) is 33.9 Å². The number of nitrogens with zero attached hydrogens (tertiary/aromatic N) is 3. The molecule has 0 saturated carbocycles. The number of benzene rings is 2. The quantitative estimate of drug-likeness (QED) is 0.439. The van der Waals surface area contributed by atoms with Crippen LogP contribution in [0.4, 0.5) is 0 Å². The molecule has 1 atom stereocenters. The van der Waals surface area contributed by atoms with Crippen LogP contribution >= 0.6 is 11.6 Å². The van der Waals surface area contributed by atoms with Crippen molar-refractivity contribution >= 4 is 29.1 Å². The van der Waals surface area contributed by atoms with E-state index >= 15 is 0 Å². The SMILES string of the molecule is COCCN(CC(=O)N1N=C(c2ccccc2Cl)C[C@H]1c1ccc(OC)cc1)C(=O)c1ccco1. The molecular weight excluding hydrogens is 470 g/mol. The number of hydrazone groups is 1. The Labute approximate surface area is 208 Å². The molecule has 35 heavy (non-hydrogen) atoms. The lowest BCUT2D eigenvalue weighted by Gasteiger charge is -2.26. The van der Waals surface area contributed by atoms with Gasteiger partial charge in [0.2, 0.25) is 0 Å².